The molecule has 2 bridgehead atoms. The molecule has 0 heterocycles. The first kappa shape index (κ1) is 13.4. The highest BCUT2D eigenvalue weighted by molar-refractivity contribution is 4.87. The maximum atomic E-state index is 8.69. The monoisotopic (exact) mass is 239 g/mol. The second-order valence-electron chi connectivity index (χ2n) is 6.26. The van der Waals surface area contributed by atoms with Gasteiger partial charge < -0.3 is 10.4 Å². The summed E-state index contributed by atoms with van der Waals surface area (Å²) in [4.78, 5) is 0. The van der Waals surface area contributed by atoms with Crippen molar-refractivity contribution in [2.45, 2.75) is 51.9 Å². The largest absolute Gasteiger partial charge is 0.395 e. The van der Waals surface area contributed by atoms with Crippen molar-refractivity contribution in [2.24, 2.45) is 23.7 Å². The van der Waals surface area contributed by atoms with Gasteiger partial charge in [-0.3, -0.25) is 0 Å². The minimum Gasteiger partial charge on any atom is -0.395 e. The standard InChI is InChI=1S/C15H29NO/c1-12-14-5-2-6-15(12)11-13(10-14)4-3-7-16-8-9-17/h12-17H,2-11H2,1H3. The minimum absolute atomic E-state index is 0.269. The van der Waals surface area contributed by atoms with E-state index >= 15 is 0 Å². The second kappa shape index (κ2) is 6.75. The molecule has 2 nitrogen and oxygen atoms in total. The summed E-state index contributed by atoms with van der Waals surface area (Å²) in [5.74, 6) is 4.08. The topological polar surface area (TPSA) is 32.3 Å². The van der Waals surface area contributed by atoms with Crippen LogP contribution in [0.3, 0.4) is 0 Å². The van der Waals surface area contributed by atoms with Gasteiger partial charge in [-0.05, 0) is 55.9 Å². The maximum absolute atomic E-state index is 8.69. The van der Waals surface area contributed by atoms with Crippen LogP contribution in [0.2, 0.25) is 0 Å². The summed E-state index contributed by atoms with van der Waals surface area (Å²) in [6.07, 6.45) is 10.2. The summed E-state index contributed by atoms with van der Waals surface area (Å²) >= 11 is 0. The van der Waals surface area contributed by atoms with Crippen LogP contribution in [0.1, 0.15) is 51.9 Å². The maximum Gasteiger partial charge on any atom is 0.0555 e. The van der Waals surface area contributed by atoms with Crippen LogP contribution in [0.15, 0.2) is 0 Å². The van der Waals surface area contributed by atoms with E-state index in [-0.39, 0.29) is 6.61 Å². The molecule has 2 unspecified atom stereocenters. The fraction of sp³-hybridized carbons (Fsp3) is 1.00. The molecular formula is C15H29NO. The first-order valence-corrected chi connectivity index (χ1v) is 7.63. The van der Waals surface area contributed by atoms with Gasteiger partial charge in [-0.1, -0.05) is 26.2 Å². The number of aliphatic hydroxyl groups excluding tert-OH is 1. The van der Waals surface area contributed by atoms with Gasteiger partial charge in [-0.25, -0.2) is 0 Å². The molecule has 100 valence electrons. The number of aliphatic hydroxyl groups is 1. The first-order valence-electron chi connectivity index (χ1n) is 7.63. The summed E-state index contributed by atoms with van der Waals surface area (Å²) in [5, 5.41) is 12.0. The van der Waals surface area contributed by atoms with Crippen molar-refractivity contribution < 1.29 is 5.11 Å². The molecule has 2 fully saturated rings. The van der Waals surface area contributed by atoms with Gasteiger partial charge in [0.05, 0.1) is 6.61 Å². The minimum atomic E-state index is 0.269. The van der Waals surface area contributed by atoms with Crippen LogP contribution in [0, 0.1) is 23.7 Å². The van der Waals surface area contributed by atoms with Crippen molar-refractivity contribution in [3.8, 4) is 0 Å². The van der Waals surface area contributed by atoms with Crippen molar-refractivity contribution in [1.82, 2.24) is 5.32 Å². The lowest BCUT2D eigenvalue weighted by molar-refractivity contribution is 0.0635. The van der Waals surface area contributed by atoms with Crippen LogP contribution in [-0.2, 0) is 0 Å². The molecular weight excluding hydrogens is 210 g/mol. The molecule has 0 amide bonds. The molecule has 2 heteroatoms. The lowest BCUT2D eigenvalue weighted by atomic mass is 9.61. The Morgan fingerprint density at radius 1 is 1.12 bits per heavy atom. The van der Waals surface area contributed by atoms with Crippen molar-refractivity contribution in [3.63, 3.8) is 0 Å². The number of hydrogen-bond donors (Lipinski definition) is 2. The molecule has 2 atom stereocenters. The highest BCUT2D eigenvalue weighted by atomic mass is 16.3. The predicted octanol–water partition coefficient (Wildman–Crippen LogP) is 2.81. The lowest BCUT2D eigenvalue weighted by Crippen LogP contribution is -2.34. The summed E-state index contributed by atoms with van der Waals surface area (Å²) in [6, 6.07) is 0. The Labute approximate surface area is 106 Å². The third-order valence-corrected chi connectivity index (χ3v) is 5.16. The highest BCUT2D eigenvalue weighted by Gasteiger charge is 2.36. The molecule has 0 saturated heterocycles. The summed E-state index contributed by atoms with van der Waals surface area (Å²) in [6.45, 7) is 4.60. The van der Waals surface area contributed by atoms with E-state index < -0.39 is 0 Å². The summed E-state index contributed by atoms with van der Waals surface area (Å²) < 4.78 is 0. The zero-order valence-corrected chi connectivity index (χ0v) is 11.3. The number of fused-ring (bicyclic) bond motifs is 2. The van der Waals surface area contributed by atoms with Crippen LogP contribution in [0.5, 0.6) is 0 Å². The van der Waals surface area contributed by atoms with E-state index in [4.69, 9.17) is 5.11 Å². The molecule has 0 aromatic carbocycles. The van der Waals surface area contributed by atoms with Crippen molar-refractivity contribution >= 4 is 0 Å². The first-order chi connectivity index (χ1) is 8.31. The zero-order chi connectivity index (χ0) is 12.1. The SMILES string of the molecule is CC1C2CCCC1CC(CCCNCCO)C2. The van der Waals surface area contributed by atoms with E-state index in [0.717, 1.165) is 36.8 Å². The van der Waals surface area contributed by atoms with Crippen LogP contribution in [0.4, 0.5) is 0 Å². The van der Waals surface area contributed by atoms with Gasteiger partial charge in [-0.2, -0.15) is 0 Å². The average Bonchev–Trinajstić information content (AvgIpc) is 2.30. The smallest absolute Gasteiger partial charge is 0.0555 e. The molecule has 0 spiro atoms. The molecule has 0 aliphatic heterocycles. The quantitative estimate of drug-likeness (QED) is 0.699. The highest BCUT2D eigenvalue weighted by Crippen LogP contribution is 2.47. The molecule has 2 saturated carbocycles. The zero-order valence-electron chi connectivity index (χ0n) is 11.3. The number of hydrogen-bond acceptors (Lipinski definition) is 2. The Morgan fingerprint density at radius 3 is 2.47 bits per heavy atom. The Morgan fingerprint density at radius 2 is 1.82 bits per heavy atom. The molecule has 0 radical (unpaired) electrons. The molecule has 17 heavy (non-hydrogen) atoms. The summed E-state index contributed by atoms with van der Waals surface area (Å²) in [5.41, 5.74) is 0. The third kappa shape index (κ3) is 3.69. The normalized spacial score (nSPS) is 37.1. The molecule has 0 aromatic rings. The van der Waals surface area contributed by atoms with Crippen LogP contribution < -0.4 is 5.32 Å². The van der Waals surface area contributed by atoms with E-state index in [2.05, 4.69) is 12.2 Å². The van der Waals surface area contributed by atoms with Gasteiger partial charge in [0.2, 0.25) is 0 Å². The number of rotatable bonds is 6. The van der Waals surface area contributed by atoms with Crippen LogP contribution in [-0.4, -0.2) is 24.8 Å². The second-order valence-corrected chi connectivity index (χ2v) is 6.26. The molecule has 2 aliphatic rings. The Kier molecular flexibility index (Phi) is 5.30. The average molecular weight is 239 g/mol. The lowest BCUT2D eigenvalue weighted by Gasteiger charge is -2.44. The van der Waals surface area contributed by atoms with Gasteiger partial charge in [0.1, 0.15) is 0 Å². The summed E-state index contributed by atoms with van der Waals surface area (Å²) in [7, 11) is 0. The van der Waals surface area contributed by atoms with Crippen molar-refractivity contribution in [3.05, 3.63) is 0 Å². The van der Waals surface area contributed by atoms with E-state index in [9.17, 15) is 0 Å². The Hall–Kier alpha value is -0.0800. The molecule has 2 aliphatic carbocycles. The molecule has 2 N–H and O–H groups in total. The van der Waals surface area contributed by atoms with Gasteiger partial charge in [-0.15, -0.1) is 0 Å². The van der Waals surface area contributed by atoms with Gasteiger partial charge >= 0.3 is 0 Å². The van der Waals surface area contributed by atoms with Crippen LogP contribution >= 0.6 is 0 Å². The van der Waals surface area contributed by atoms with Gasteiger partial charge in [0.25, 0.3) is 0 Å². The fourth-order valence-corrected chi connectivity index (χ4v) is 4.13. The fourth-order valence-electron chi connectivity index (χ4n) is 4.13. The van der Waals surface area contributed by atoms with E-state index in [0.29, 0.717) is 0 Å². The Balaban J connectivity index is 1.65. The van der Waals surface area contributed by atoms with E-state index in [1.807, 2.05) is 0 Å². The Bertz CT molecular complexity index is 205. The van der Waals surface area contributed by atoms with E-state index in [1.54, 1.807) is 0 Å². The van der Waals surface area contributed by atoms with Crippen molar-refractivity contribution in [1.29, 1.82) is 0 Å². The third-order valence-electron chi connectivity index (χ3n) is 5.16. The predicted molar refractivity (Wildman–Crippen MR) is 71.9 cm³/mol. The number of nitrogens with one attached hydrogen (secondary N) is 1. The van der Waals surface area contributed by atoms with Crippen LogP contribution in [0.25, 0.3) is 0 Å². The van der Waals surface area contributed by atoms with Gasteiger partial charge in [0.15, 0.2) is 0 Å². The van der Waals surface area contributed by atoms with Gasteiger partial charge in [0, 0.05) is 6.54 Å². The molecule has 0 aromatic heterocycles. The molecule has 2 rings (SSSR count). The van der Waals surface area contributed by atoms with E-state index in [1.165, 1.54) is 44.9 Å². The van der Waals surface area contributed by atoms with Crippen molar-refractivity contribution in [2.75, 3.05) is 19.7 Å².